The van der Waals surface area contributed by atoms with Crippen molar-refractivity contribution in [1.82, 2.24) is 20.1 Å². The average molecular weight is 656 g/mol. The molecule has 5 heterocycles. The molecule has 1 aromatic carbocycles. The molecule has 3 saturated heterocycles. The number of benzene rings is 1. The number of nitrogens with zero attached hydrogens (tertiary/aromatic N) is 2. The highest BCUT2D eigenvalue weighted by Gasteiger charge is 2.72. The summed E-state index contributed by atoms with van der Waals surface area (Å²) in [7, 11) is 2.11. The van der Waals surface area contributed by atoms with E-state index >= 15 is 0 Å². The molecule has 0 spiro atoms. The van der Waals surface area contributed by atoms with E-state index in [4.69, 9.17) is 4.74 Å². The van der Waals surface area contributed by atoms with Crippen molar-refractivity contribution in [3.8, 4) is 0 Å². The van der Waals surface area contributed by atoms with E-state index in [1.807, 2.05) is 33.8 Å². The third-order valence-corrected chi connectivity index (χ3v) is 11.1. The van der Waals surface area contributed by atoms with Gasteiger partial charge in [-0.05, 0) is 58.3 Å². The van der Waals surface area contributed by atoms with Gasteiger partial charge in [0, 0.05) is 35.4 Å². The number of aromatic amines is 1. The van der Waals surface area contributed by atoms with Crippen molar-refractivity contribution >= 4 is 50.1 Å². The molecule has 7 rings (SSSR count). The number of fused-ring (bicyclic) bond motifs is 5. The molecule has 7 unspecified atom stereocenters. The van der Waals surface area contributed by atoms with E-state index in [2.05, 4.69) is 51.5 Å². The van der Waals surface area contributed by atoms with E-state index in [-0.39, 0.29) is 23.8 Å². The highest BCUT2D eigenvalue weighted by molar-refractivity contribution is 9.10. The van der Waals surface area contributed by atoms with E-state index in [1.54, 1.807) is 4.90 Å². The summed E-state index contributed by atoms with van der Waals surface area (Å²) >= 11 is 3.71. The molecule has 4 aliphatic heterocycles. The van der Waals surface area contributed by atoms with Crippen LogP contribution >= 0.6 is 15.9 Å². The van der Waals surface area contributed by atoms with Crippen LogP contribution in [-0.4, -0.2) is 87.5 Å². The molecule has 11 heteroatoms. The molecule has 43 heavy (non-hydrogen) atoms. The molecule has 4 N–H and O–H groups in total. The summed E-state index contributed by atoms with van der Waals surface area (Å²) < 4.78 is 7.45. The summed E-state index contributed by atoms with van der Waals surface area (Å²) in [6, 6.07) is 4.89. The number of likely N-dealkylation sites (N-methyl/N-ethyl adjacent to an activating group) is 1. The van der Waals surface area contributed by atoms with Gasteiger partial charge in [-0.25, -0.2) is 0 Å². The number of rotatable bonds is 5. The topological polar surface area (TPSA) is 119 Å². The van der Waals surface area contributed by atoms with E-state index in [0.717, 1.165) is 34.1 Å². The number of hydrogen-bond donors (Lipinski definition) is 4. The molecule has 230 valence electrons. The molecule has 3 fully saturated rings. The molecule has 0 radical (unpaired) electrons. The van der Waals surface area contributed by atoms with E-state index in [0.29, 0.717) is 25.9 Å². The Hall–Kier alpha value is -2.73. The first-order valence-electron chi connectivity index (χ1n) is 15.6. The van der Waals surface area contributed by atoms with Gasteiger partial charge in [-0.1, -0.05) is 45.9 Å². The minimum Gasteiger partial charge on any atom is -0.349 e. The van der Waals surface area contributed by atoms with Crippen LogP contribution < -0.4 is 10.2 Å². The SMILES string of the molecule is CC(C)CC1C(=O)N2CCCC2C2(O)OC(NC(=O)C3C=C4c5cccc6[nH]c(Br)c(c56)CC4[NH+](C)C3)(C(C)C)C(=O)N12. The minimum atomic E-state index is -2.01. The quantitative estimate of drug-likeness (QED) is 0.392. The van der Waals surface area contributed by atoms with Gasteiger partial charge in [-0.15, -0.1) is 0 Å². The number of nitrogens with one attached hydrogen (secondary N) is 3. The first-order valence-corrected chi connectivity index (χ1v) is 16.4. The van der Waals surface area contributed by atoms with Crippen molar-refractivity contribution < 1.29 is 29.1 Å². The predicted molar refractivity (Wildman–Crippen MR) is 163 cm³/mol. The first-order chi connectivity index (χ1) is 20.4. The second-order valence-electron chi connectivity index (χ2n) is 13.8. The standard InChI is InChI=1S/C32H40BrN5O5/c1-16(2)12-24-29(40)37-11-7-10-25(37)32(42)38(24)30(41)31(43-32,17(3)4)35-28(39)18-13-20-19-8-6-9-22-26(19)21(27(33)34-22)14-23(20)36(5)15-18/h6,8-9,13,16-18,23-25,34,42H,7,10-12,14-15H2,1-5H3,(H,35,39)/p+1. The van der Waals surface area contributed by atoms with Crippen LogP contribution in [0.25, 0.3) is 16.5 Å². The van der Waals surface area contributed by atoms with Crippen LogP contribution in [0.5, 0.6) is 0 Å². The molecule has 7 atom stereocenters. The summed E-state index contributed by atoms with van der Waals surface area (Å²) in [4.78, 5) is 49.8. The van der Waals surface area contributed by atoms with Crippen LogP contribution in [0, 0.1) is 17.8 Å². The molecular weight excluding hydrogens is 614 g/mol. The van der Waals surface area contributed by atoms with Gasteiger partial charge in [-0.2, -0.15) is 0 Å². The third-order valence-electron chi connectivity index (χ3n) is 10.4. The van der Waals surface area contributed by atoms with Gasteiger partial charge < -0.3 is 25.2 Å². The smallest absolute Gasteiger partial charge is 0.281 e. The third kappa shape index (κ3) is 4.04. The molecule has 5 aliphatic rings. The molecule has 0 saturated carbocycles. The molecule has 3 amide bonds. The van der Waals surface area contributed by atoms with Crippen molar-refractivity contribution in [2.75, 3.05) is 20.1 Å². The van der Waals surface area contributed by atoms with Crippen molar-refractivity contribution in [3.05, 3.63) is 40.0 Å². The molecule has 2 aromatic rings. The monoisotopic (exact) mass is 654 g/mol. The summed E-state index contributed by atoms with van der Waals surface area (Å²) in [5, 5.41) is 16.3. The maximum Gasteiger partial charge on any atom is 0.281 e. The summed E-state index contributed by atoms with van der Waals surface area (Å²) in [6.45, 7) is 8.67. The van der Waals surface area contributed by atoms with Gasteiger partial charge in [0.2, 0.25) is 17.5 Å². The predicted octanol–water partition coefficient (Wildman–Crippen LogP) is 1.78. The maximum atomic E-state index is 14.4. The van der Waals surface area contributed by atoms with Crippen molar-refractivity contribution in [2.45, 2.75) is 83.1 Å². The zero-order valence-electron chi connectivity index (χ0n) is 25.4. The number of carbonyl (C=O) groups excluding carboxylic acids is 3. The molecule has 1 aromatic heterocycles. The number of hydrogen-bond acceptors (Lipinski definition) is 5. The fraction of sp³-hybridized carbons (Fsp3) is 0.594. The van der Waals surface area contributed by atoms with Crippen LogP contribution in [0.15, 0.2) is 28.9 Å². The number of amides is 3. The number of piperazine rings is 1. The number of ether oxygens (including phenoxy) is 1. The van der Waals surface area contributed by atoms with Gasteiger partial charge in [0.1, 0.15) is 24.0 Å². The Balaban J connectivity index is 1.25. The van der Waals surface area contributed by atoms with Crippen molar-refractivity contribution in [2.24, 2.45) is 17.8 Å². The van der Waals surface area contributed by atoms with Crippen LogP contribution in [0.3, 0.4) is 0 Å². The van der Waals surface area contributed by atoms with Crippen LogP contribution in [0.2, 0.25) is 0 Å². The molecule has 10 nitrogen and oxygen atoms in total. The maximum absolute atomic E-state index is 14.4. The Morgan fingerprint density at radius 1 is 1.28 bits per heavy atom. The Bertz CT molecular complexity index is 1570. The second kappa shape index (κ2) is 9.89. The zero-order valence-corrected chi connectivity index (χ0v) is 27.0. The lowest BCUT2D eigenvalue weighted by atomic mass is 9.79. The number of aliphatic hydroxyl groups is 1. The lowest BCUT2D eigenvalue weighted by Crippen LogP contribution is -3.15. The Labute approximate surface area is 259 Å². The largest absolute Gasteiger partial charge is 0.349 e. The lowest BCUT2D eigenvalue weighted by molar-refractivity contribution is -0.900. The lowest BCUT2D eigenvalue weighted by Gasteiger charge is -2.49. The Morgan fingerprint density at radius 2 is 2.05 bits per heavy atom. The van der Waals surface area contributed by atoms with Gasteiger partial charge in [0.25, 0.3) is 11.8 Å². The number of carbonyl (C=O) groups is 3. The summed E-state index contributed by atoms with van der Waals surface area (Å²) in [5.74, 6) is -3.93. The Kier molecular flexibility index (Phi) is 6.67. The summed E-state index contributed by atoms with van der Waals surface area (Å²) in [6.07, 6.45) is 4.55. The fourth-order valence-electron chi connectivity index (χ4n) is 8.29. The fourth-order valence-corrected chi connectivity index (χ4v) is 8.86. The normalized spacial score (nSPS) is 35.0. The van der Waals surface area contributed by atoms with Crippen LogP contribution in [0.4, 0.5) is 0 Å². The number of halogens is 1. The number of H-pyrrole nitrogens is 1. The van der Waals surface area contributed by atoms with Gasteiger partial charge in [-0.3, -0.25) is 24.0 Å². The average Bonchev–Trinajstić information content (AvgIpc) is 3.63. The first kappa shape index (κ1) is 29.0. The van der Waals surface area contributed by atoms with Gasteiger partial charge in [0.05, 0.1) is 18.2 Å². The van der Waals surface area contributed by atoms with Gasteiger partial charge in [0.15, 0.2) is 0 Å². The molecule has 1 aliphatic carbocycles. The van der Waals surface area contributed by atoms with E-state index in [1.165, 1.54) is 20.7 Å². The van der Waals surface area contributed by atoms with Crippen LogP contribution in [0.1, 0.15) is 58.1 Å². The number of aromatic nitrogens is 1. The minimum absolute atomic E-state index is 0.107. The molecular formula is C32H41BrN5O5+. The summed E-state index contributed by atoms with van der Waals surface area (Å²) in [5.41, 5.74) is 2.77. The highest BCUT2D eigenvalue weighted by Crippen LogP contribution is 2.48. The van der Waals surface area contributed by atoms with Crippen molar-refractivity contribution in [1.29, 1.82) is 0 Å². The van der Waals surface area contributed by atoms with Crippen LogP contribution in [-0.2, 0) is 25.5 Å². The highest BCUT2D eigenvalue weighted by atomic mass is 79.9. The van der Waals surface area contributed by atoms with E-state index < -0.39 is 41.5 Å². The van der Waals surface area contributed by atoms with Gasteiger partial charge >= 0.3 is 0 Å². The van der Waals surface area contributed by atoms with E-state index in [9.17, 15) is 19.5 Å². The second-order valence-corrected chi connectivity index (χ2v) is 14.6. The number of quaternary nitrogens is 1. The Morgan fingerprint density at radius 3 is 2.77 bits per heavy atom. The molecule has 0 bridgehead atoms. The van der Waals surface area contributed by atoms with Crippen molar-refractivity contribution in [3.63, 3.8) is 0 Å². The zero-order chi connectivity index (χ0) is 30.6.